The van der Waals surface area contributed by atoms with Gasteiger partial charge < -0.3 is 26.8 Å². The predicted molar refractivity (Wildman–Crippen MR) is 67.5 cm³/mol. The summed E-state index contributed by atoms with van der Waals surface area (Å²) in [4.78, 5) is 14.4. The summed E-state index contributed by atoms with van der Waals surface area (Å²) in [6.45, 7) is 1.93. The van der Waals surface area contributed by atoms with Gasteiger partial charge in [0.05, 0.1) is 0 Å². The second-order valence-electron chi connectivity index (χ2n) is 5.18. The first-order valence-corrected chi connectivity index (χ1v) is 6.26. The summed E-state index contributed by atoms with van der Waals surface area (Å²) in [7, 11) is 3.99. The number of Topliss-reactive ketones (excluding diaryl/α,β-unsaturated/α-hetero) is 1. The van der Waals surface area contributed by atoms with Crippen molar-refractivity contribution < 1.29 is 26.7 Å². The first-order valence-electron chi connectivity index (χ1n) is 6.26. The van der Waals surface area contributed by atoms with Gasteiger partial charge in [-0.05, 0) is 38.2 Å². The second kappa shape index (κ2) is 5.39. The molecule has 0 radical (unpaired) electrons. The van der Waals surface area contributed by atoms with Gasteiger partial charge in [-0.15, -0.1) is 0 Å². The summed E-state index contributed by atoms with van der Waals surface area (Å²) in [6.07, 6.45) is 0.809. The van der Waals surface area contributed by atoms with Crippen molar-refractivity contribution in [1.29, 1.82) is 0 Å². The molecule has 0 saturated heterocycles. The lowest BCUT2D eigenvalue weighted by atomic mass is 10.1. The number of hydrogen-bond donors (Lipinski definition) is 0. The minimum absolute atomic E-state index is 0. The van der Waals surface area contributed by atoms with Crippen LogP contribution in [-0.4, -0.2) is 44.5 Å². The van der Waals surface area contributed by atoms with Crippen molar-refractivity contribution in [2.45, 2.75) is 6.42 Å². The largest absolute Gasteiger partial charge is 1.00 e. The maximum Gasteiger partial charge on any atom is 0.167 e. The molecule has 104 valence electrons. The van der Waals surface area contributed by atoms with Gasteiger partial charge in [-0.3, -0.25) is 4.79 Å². The van der Waals surface area contributed by atoms with E-state index in [9.17, 15) is 4.79 Å². The van der Waals surface area contributed by atoms with Gasteiger partial charge >= 0.3 is 0 Å². The quantitative estimate of drug-likeness (QED) is 0.654. The van der Waals surface area contributed by atoms with E-state index in [-0.39, 0.29) is 24.1 Å². The summed E-state index contributed by atoms with van der Waals surface area (Å²) in [6, 6.07) is 3.82. The molecule has 1 atom stereocenters. The van der Waals surface area contributed by atoms with Crippen LogP contribution < -0.4 is 21.9 Å². The molecule has 0 amide bonds. The highest BCUT2D eigenvalue weighted by atomic mass is 35.5. The van der Waals surface area contributed by atoms with Crippen molar-refractivity contribution in [3.05, 3.63) is 23.3 Å². The molecule has 3 rings (SSSR count). The molecule has 0 spiro atoms. The zero-order chi connectivity index (χ0) is 12.7. The molecule has 0 aromatic heterocycles. The molecule has 1 aromatic carbocycles. The number of ether oxygens (including phenoxy) is 2. The third-order valence-electron chi connectivity index (χ3n) is 3.46. The SMILES string of the molecule is CN(C)CC1Cc2cc3c(cc2C1=O)OCCO3.[Cl-]. The molecule has 0 N–H and O–H groups in total. The standard InChI is InChI=1S/C14H17NO3.ClH/c1-15(2)8-10-5-9-6-12-13(18-4-3-17-12)7-11(9)14(10)16;/h6-7,10H,3-5,8H2,1-2H3;1H/p-1. The fraction of sp³-hybridized carbons (Fsp3) is 0.500. The Morgan fingerprint density at radius 1 is 1.21 bits per heavy atom. The molecular formula is C14H17ClNO3-. The Balaban J connectivity index is 0.00000133. The van der Waals surface area contributed by atoms with Crippen LogP contribution in [0.5, 0.6) is 11.5 Å². The van der Waals surface area contributed by atoms with Gasteiger partial charge in [0.15, 0.2) is 17.3 Å². The van der Waals surface area contributed by atoms with Crippen LogP contribution >= 0.6 is 0 Å². The van der Waals surface area contributed by atoms with E-state index in [2.05, 4.69) is 4.90 Å². The summed E-state index contributed by atoms with van der Waals surface area (Å²) in [5.41, 5.74) is 1.90. The Bertz CT molecular complexity index is 502. The summed E-state index contributed by atoms with van der Waals surface area (Å²) >= 11 is 0. The molecule has 2 aliphatic rings. The Hall–Kier alpha value is -1.26. The van der Waals surface area contributed by atoms with E-state index in [1.165, 1.54) is 0 Å². The highest BCUT2D eigenvalue weighted by molar-refractivity contribution is 6.03. The molecule has 1 aliphatic heterocycles. The topological polar surface area (TPSA) is 38.8 Å². The number of carbonyl (C=O) groups excluding carboxylic acids is 1. The third-order valence-corrected chi connectivity index (χ3v) is 3.46. The van der Waals surface area contributed by atoms with Crippen LogP contribution in [0.15, 0.2) is 12.1 Å². The summed E-state index contributed by atoms with van der Waals surface area (Å²) in [5, 5.41) is 0. The van der Waals surface area contributed by atoms with Gasteiger partial charge in [0, 0.05) is 18.0 Å². The number of nitrogens with zero attached hydrogens (tertiary/aromatic N) is 1. The zero-order valence-corrected chi connectivity index (χ0v) is 11.9. The van der Waals surface area contributed by atoms with Crippen LogP contribution in [0.4, 0.5) is 0 Å². The molecule has 4 nitrogen and oxygen atoms in total. The van der Waals surface area contributed by atoms with Crippen LogP contribution in [-0.2, 0) is 6.42 Å². The van der Waals surface area contributed by atoms with Gasteiger partial charge in [0.2, 0.25) is 0 Å². The van der Waals surface area contributed by atoms with Crippen LogP contribution in [0.25, 0.3) is 0 Å². The monoisotopic (exact) mass is 282 g/mol. The molecule has 1 aromatic rings. The minimum atomic E-state index is 0. The zero-order valence-electron chi connectivity index (χ0n) is 11.1. The maximum absolute atomic E-state index is 12.3. The van der Waals surface area contributed by atoms with Crippen molar-refractivity contribution in [2.75, 3.05) is 33.9 Å². The first-order chi connectivity index (χ1) is 8.65. The normalized spacial score (nSPS) is 20.2. The van der Waals surface area contributed by atoms with Crippen molar-refractivity contribution in [3.8, 4) is 11.5 Å². The average Bonchev–Trinajstić information content (AvgIpc) is 2.63. The lowest BCUT2D eigenvalue weighted by Crippen LogP contribution is -3.00. The van der Waals surface area contributed by atoms with Gasteiger partial charge in [-0.2, -0.15) is 0 Å². The van der Waals surface area contributed by atoms with Gasteiger partial charge in [0.25, 0.3) is 0 Å². The third kappa shape index (κ3) is 2.55. The molecule has 0 bridgehead atoms. The maximum atomic E-state index is 12.3. The average molecular weight is 283 g/mol. The molecule has 1 heterocycles. The van der Waals surface area contributed by atoms with E-state index >= 15 is 0 Å². The van der Waals surface area contributed by atoms with Crippen LogP contribution in [0, 0.1) is 5.92 Å². The fourth-order valence-corrected chi connectivity index (χ4v) is 2.70. The molecular weight excluding hydrogens is 266 g/mol. The fourth-order valence-electron chi connectivity index (χ4n) is 2.70. The molecule has 19 heavy (non-hydrogen) atoms. The Labute approximate surface area is 119 Å². The number of benzene rings is 1. The number of halogens is 1. The summed E-state index contributed by atoms with van der Waals surface area (Å²) < 4.78 is 11.1. The van der Waals surface area contributed by atoms with E-state index < -0.39 is 0 Å². The first kappa shape index (κ1) is 14.2. The number of carbonyl (C=O) groups is 1. The van der Waals surface area contributed by atoms with E-state index in [4.69, 9.17) is 9.47 Å². The van der Waals surface area contributed by atoms with E-state index in [0.717, 1.165) is 29.8 Å². The Morgan fingerprint density at radius 3 is 2.47 bits per heavy atom. The Kier molecular flexibility index (Phi) is 4.02. The van der Waals surface area contributed by atoms with Gasteiger partial charge in [-0.1, -0.05) is 0 Å². The lowest BCUT2D eigenvalue weighted by molar-refractivity contribution is -0.0000121. The molecule has 0 fully saturated rings. The number of hydrogen-bond acceptors (Lipinski definition) is 4. The van der Waals surface area contributed by atoms with Gasteiger partial charge in [-0.25, -0.2) is 0 Å². The minimum Gasteiger partial charge on any atom is -1.00 e. The van der Waals surface area contributed by atoms with E-state index in [0.29, 0.717) is 19.0 Å². The van der Waals surface area contributed by atoms with Crippen molar-refractivity contribution >= 4 is 5.78 Å². The Morgan fingerprint density at radius 2 is 1.84 bits per heavy atom. The van der Waals surface area contributed by atoms with E-state index in [1.54, 1.807) is 0 Å². The van der Waals surface area contributed by atoms with Crippen LogP contribution in [0.2, 0.25) is 0 Å². The molecule has 0 saturated carbocycles. The second-order valence-corrected chi connectivity index (χ2v) is 5.18. The predicted octanol–water partition coefficient (Wildman–Crippen LogP) is -1.62. The van der Waals surface area contributed by atoms with Crippen molar-refractivity contribution in [2.24, 2.45) is 5.92 Å². The summed E-state index contributed by atoms with van der Waals surface area (Å²) in [5.74, 6) is 1.78. The highest BCUT2D eigenvalue weighted by Crippen LogP contribution is 2.38. The van der Waals surface area contributed by atoms with Gasteiger partial charge in [0.1, 0.15) is 13.2 Å². The highest BCUT2D eigenvalue weighted by Gasteiger charge is 2.32. The number of fused-ring (bicyclic) bond motifs is 2. The van der Waals surface area contributed by atoms with Crippen molar-refractivity contribution in [1.82, 2.24) is 4.90 Å². The van der Waals surface area contributed by atoms with E-state index in [1.807, 2.05) is 26.2 Å². The smallest absolute Gasteiger partial charge is 0.167 e. The van der Waals surface area contributed by atoms with Crippen LogP contribution in [0.1, 0.15) is 15.9 Å². The lowest BCUT2D eigenvalue weighted by Gasteiger charge is -2.19. The number of rotatable bonds is 2. The molecule has 1 aliphatic carbocycles. The van der Waals surface area contributed by atoms with Crippen LogP contribution in [0.3, 0.4) is 0 Å². The number of ketones is 1. The molecule has 1 unspecified atom stereocenters. The van der Waals surface area contributed by atoms with Crippen molar-refractivity contribution in [3.63, 3.8) is 0 Å². The molecule has 5 heteroatoms.